The molecule has 0 radical (unpaired) electrons. The average Bonchev–Trinajstić information content (AvgIpc) is 3.00. The Morgan fingerprint density at radius 1 is 1.48 bits per heavy atom. The number of nitrogens with one attached hydrogen (secondary N) is 1. The fourth-order valence-corrected chi connectivity index (χ4v) is 3.25. The standard InChI is InChI=1S/C17H16F2N2O4/c1-3-8-9(5-20-6-10(8)19)13-14(16(22)24-2)11(4-18)21-12-7-25-17(23)15(12)13/h5-6,13,21H,3-4,7H2,1-2H3/t13-/m1/s1. The molecule has 8 heteroatoms. The molecule has 1 N–H and O–H groups in total. The van der Waals surface area contributed by atoms with E-state index in [4.69, 9.17) is 9.47 Å². The summed E-state index contributed by atoms with van der Waals surface area (Å²) in [6.07, 6.45) is 2.75. The van der Waals surface area contributed by atoms with Crippen molar-refractivity contribution in [3.8, 4) is 0 Å². The number of carbonyl (C=O) groups excluding carboxylic acids is 2. The van der Waals surface area contributed by atoms with Crippen molar-refractivity contribution in [3.63, 3.8) is 0 Å². The van der Waals surface area contributed by atoms with E-state index in [1.165, 1.54) is 6.20 Å². The molecule has 0 saturated carbocycles. The van der Waals surface area contributed by atoms with Crippen molar-refractivity contribution < 1.29 is 27.8 Å². The minimum Gasteiger partial charge on any atom is -0.466 e. The van der Waals surface area contributed by atoms with Crippen LogP contribution in [-0.2, 0) is 25.5 Å². The molecule has 0 spiro atoms. The van der Waals surface area contributed by atoms with Gasteiger partial charge in [-0.3, -0.25) is 4.98 Å². The summed E-state index contributed by atoms with van der Waals surface area (Å²) < 4.78 is 37.6. The maximum atomic E-state index is 14.2. The molecule has 3 rings (SSSR count). The zero-order valence-electron chi connectivity index (χ0n) is 13.7. The Bertz CT molecular complexity index is 817. The zero-order chi connectivity index (χ0) is 18.1. The molecule has 0 amide bonds. The van der Waals surface area contributed by atoms with Gasteiger partial charge in [-0.2, -0.15) is 0 Å². The van der Waals surface area contributed by atoms with E-state index in [-0.39, 0.29) is 23.5 Å². The summed E-state index contributed by atoms with van der Waals surface area (Å²) in [6, 6.07) is 0. The highest BCUT2D eigenvalue weighted by molar-refractivity contribution is 6.01. The Hall–Kier alpha value is -2.77. The zero-order valence-corrected chi connectivity index (χ0v) is 13.7. The third-order valence-corrected chi connectivity index (χ3v) is 4.34. The van der Waals surface area contributed by atoms with Gasteiger partial charge in [-0.15, -0.1) is 0 Å². The predicted octanol–water partition coefficient (Wildman–Crippen LogP) is 1.68. The molecule has 0 bridgehead atoms. The predicted molar refractivity (Wildman–Crippen MR) is 82.5 cm³/mol. The highest BCUT2D eigenvalue weighted by Gasteiger charge is 2.43. The highest BCUT2D eigenvalue weighted by Crippen LogP contribution is 2.42. The third kappa shape index (κ3) is 2.67. The molecule has 0 unspecified atom stereocenters. The van der Waals surface area contributed by atoms with Crippen LogP contribution < -0.4 is 5.32 Å². The van der Waals surface area contributed by atoms with E-state index >= 15 is 0 Å². The second-order valence-electron chi connectivity index (χ2n) is 5.59. The SMILES string of the molecule is CCc1c(F)cncc1[C@@H]1C(C(=O)OC)=C(CF)NC2=C1C(=O)OC2. The number of hydrogen-bond acceptors (Lipinski definition) is 6. The van der Waals surface area contributed by atoms with E-state index < -0.39 is 30.3 Å². The van der Waals surface area contributed by atoms with Gasteiger partial charge in [-0.05, 0) is 17.5 Å². The Balaban J connectivity index is 2.28. The summed E-state index contributed by atoms with van der Waals surface area (Å²) in [5.41, 5.74) is 1.03. The molecular formula is C17H16F2N2O4. The molecular weight excluding hydrogens is 334 g/mol. The average molecular weight is 350 g/mol. The molecule has 0 fully saturated rings. The second kappa shape index (κ2) is 6.62. The van der Waals surface area contributed by atoms with E-state index in [9.17, 15) is 18.4 Å². The first-order chi connectivity index (χ1) is 12.0. The smallest absolute Gasteiger partial charge is 0.337 e. The fourth-order valence-electron chi connectivity index (χ4n) is 3.25. The lowest BCUT2D eigenvalue weighted by molar-refractivity contribution is -0.136. The van der Waals surface area contributed by atoms with Crippen LogP contribution in [0.25, 0.3) is 0 Å². The minimum absolute atomic E-state index is 0.0276. The van der Waals surface area contributed by atoms with E-state index in [0.717, 1.165) is 13.3 Å². The number of esters is 2. The van der Waals surface area contributed by atoms with Gasteiger partial charge in [0.2, 0.25) is 0 Å². The van der Waals surface area contributed by atoms with Gasteiger partial charge in [0.15, 0.2) is 0 Å². The first-order valence-corrected chi connectivity index (χ1v) is 7.70. The molecule has 25 heavy (non-hydrogen) atoms. The van der Waals surface area contributed by atoms with E-state index in [1.54, 1.807) is 6.92 Å². The van der Waals surface area contributed by atoms with Crippen molar-refractivity contribution in [3.05, 3.63) is 51.9 Å². The summed E-state index contributed by atoms with van der Waals surface area (Å²) in [5, 5.41) is 2.74. The number of ether oxygens (including phenoxy) is 2. The van der Waals surface area contributed by atoms with Gasteiger partial charge in [-0.25, -0.2) is 18.4 Å². The monoisotopic (exact) mass is 350 g/mol. The summed E-state index contributed by atoms with van der Waals surface area (Å²) >= 11 is 0. The van der Waals surface area contributed by atoms with Crippen LogP contribution >= 0.6 is 0 Å². The summed E-state index contributed by atoms with van der Waals surface area (Å²) in [6.45, 7) is 0.700. The number of methoxy groups -OCH3 is 1. The van der Waals surface area contributed by atoms with Crippen LogP contribution in [0.4, 0.5) is 8.78 Å². The topological polar surface area (TPSA) is 77.5 Å². The van der Waals surface area contributed by atoms with Crippen molar-refractivity contribution in [1.82, 2.24) is 10.3 Å². The molecule has 6 nitrogen and oxygen atoms in total. The number of aromatic nitrogens is 1. The molecule has 3 heterocycles. The quantitative estimate of drug-likeness (QED) is 0.833. The Morgan fingerprint density at radius 3 is 2.88 bits per heavy atom. The second-order valence-corrected chi connectivity index (χ2v) is 5.59. The van der Waals surface area contributed by atoms with Gasteiger partial charge in [0.1, 0.15) is 19.1 Å². The number of halogens is 2. The first kappa shape index (κ1) is 17.1. The molecule has 0 aliphatic carbocycles. The van der Waals surface area contributed by atoms with Crippen LogP contribution in [0.5, 0.6) is 0 Å². The van der Waals surface area contributed by atoms with Crippen LogP contribution in [0.1, 0.15) is 24.0 Å². The molecule has 2 aliphatic heterocycles. The van der Waals surface area contributed by atoms with Crippen molar-refractivity contribution >= 4 is 11.9 Å². The first-order valence-electron chi connectivity index (χ1n) is 7.70. The van der Waals surface area contributed by atoms with Gasteiger partial charge in [0, 0.05) is 6.20 Å². The van der Waals surface area contributed by atoms with Crippen LogP contribution in [-0.4, -0.2) is 37.3 Å². The Kier molecular flexibility index (Phi) is 4.52. The number of alkyl halides is 1. The maximum Gasteiger partial charge on any atom is 0.337 e. The molecule has 1 aromatic rings. The molecule has 1 aromatic heterocycles. The molecule has 0 saturated heterocycles. The van der Waals surface area contributed by atoms with Gasteiger partial charge < -0.3 is 14.8 Å². The number of nitrogens with zero attached hydrogens (tertiary/aromatic N) is 1. The number of dihydropyridines is 1. The van der Waals surface area contributed by atoms with Crippen molar-refractivity contribution in [1.29, 1.82) is 0 Å². The maximum absolute atomic E-state index is 14.2. The van der Waals surface area contributed by atoms with Crippen molar-refractivity contribution in [2.24, 2.45) is 0 Å². The molecule has 132 valence electrons. The highest BCUT2D eigenvalue weighted by atomic mass is 19.1. The summed E-state index contributed by atoms with van der Waals surface area (Å²) in [7, 11) is 1.16. The van der Waals surface area contributed by atoms with Gasteiger partial charge >= 0.3 is 11.9 Å². The van der Waals surface area contributed by atoms with Crippen LogP contribution in [0.3, 0.4) is 0 Å². The number of pyridine rings is 1. The number of cyclic esters (lactones) is 1. The van der Waals surface area contributed by atoms with Crippen molar-refractivity contribution in [2.75, 3.05) is 20.4 Å². The lowest BCUT2D eigenvalue weighted by Crippen LogP contribution is -2.32. The van der Waals surface area contributed by atoms with Crippen LogP contribution in [0.2, 0.25) is 0 Å². The van der Waals surface area contributed by atoms with E-state index in [0.29, 0.717) is 23.2 Å². The summed E-state index contributed by atoms with van der Waals surface area (Å²) in [4.78, 5) is 28.4. The van der Waals surface area contributed by atoms with E-state index in [2.05, 4.69) is 10.3 Å². The number of hydrogen-bond donors (Lipinski definition) is 1. The number of rotatable bonds is 4. The van der Waals surface area contributed by atoms with E-state index in [1.807, 2.05) is 0 Å². The normalized spacial score (nSPS) is 19.5. The summed E-state index contributed by atoms with van der Waals surface area (Å²) in [5.74, 6) is -3.00. The largest absolute Gasteiger partial charge is 0.466 e. The minimum atomic E-state index is -0.998. The third-order valence-electron chi connectivity index (χ3n) is 4.34. The van der Waals surface area contributed by atoms with Gasteiger partial charge in [0.05, 0.1) is 41.8 Å². The van der Waals surface area contributed by atoms with Gasteiger partial charge in [0.25, 0.3) is 0 Å². The van der Waals surface area contributed by atoms with Gasteiger partial charge in [-0.1, -0.05) is 6.92 Å². The lowest BCUT2D eigenvalue weighted by atomic mass is 9.79. The van der Waals surface area contributed by atoms with Crippen LogP contribution in [0, 0.1) is 5.82 Å². The van der Waals surface area contributed by atoms with Crippen molar-refractivity contribution in [2.45, 2.75) is 19.3 Å². The Labute approximate surface area is 142 Å². The molecule has 0 aromatic carbocycles. The fraction of sp³-hybridized carbons (Fsp3) is 0.353. The van der Waals surface area contributed by atoms with Crippen LogP contribution in [0.15, 0.2) is 34.9 Å². The lowest BCUT2D eigenvalue weighted by Gasteiger charge is -2.28. The number of allylic oxidation sites excluding steroid dienone is 1. The molecule has 1 atom stereocenters. The Morgan fingerprint density at radius 2 is 2.24 bits per heavy atom. The number of carbonyl (C=O) groups is 2. The molecule has 2 aliphatic rings.